The largest absolute Gasteiger partial charge is 0.236 e. The predicted octanol–water partition coefficient (Wildman–Crippen LogP) is 3.52. The molecule has 0 spiro atoms. The van der Waals surface area contributed by atoms with Gasteiger partial charge in [0.1, 0.15) is 11.8 Å². The minimum atomic E-state index is 0.389. The zero-order valence-corrected chi connectivity index (χ0v) is 9.30. The Morgan fingerprint density at radius 3 is 2.71 bits per heavy atom. The maximum absolute atomic E-state index is 8.70. The Hall–Kier alpha value is -1.11. The molecule has 2 rings (SSSR count). The van der Waals surface area contributed by atoms with Gasteiger partial charge in [0.2, 0.25) is 0 Å². The average molecular weight is 268 g/mol. The highest BCUT2D eigenvalue weighted by Crippen LogP contribution is 2.29. The third-order valence-electron chi connectivity index (χ3n) is 1.87. The van der Waals surface area contributed by atoms with E-state index in [9.17, 15) is 0 Å². The Balaban J connectivity index is 2.86. The van der Waals surface area contributed by atoms with Gasteiger partial charge in [0.15, 0.2) is 0 Å². The number of rotatable bonds is 0. The van der Waals surface area contributed by atoms with E-state index >= 15 is 0 Å². The standard InChI is InChI=1S/C10H4BrClN2/c11-9-8(12)4-2-6-1-3-7(5-13)14-10(6)9/h1-4H. The molecule has 4 heteroatoms. The fourth-order valence-electron chi connectivity index (χ4n) is 1.19. The molecule has 14 heavy (non-hydrogen) atoms. The number of hydrogen-bond acceptors (Lipinski definition) is 2. The molecule has 0 saturated heterocycles. The van der Waals surface area contributed by atoms with Crippen LogP contribution in [0.25, 0.3) is 10.9 Å². The van der Waals surface area contributed by atoms with Crippen molar-refractivity contribution in [1.82, 2.24) is 4.98 Å². The first-order valence-corrected chi connectivity index (χ1v) is 5.04. The van der Waals surface area contributed by atoms with E-state index in [-0.39, 0.29) is 0 Å². The molecule has 0 N–H and O–H groups in total. The third-order valence-corrected chi connectivity index (χ3v) is 3.21. The lowest BCUT2D eigenvalue weighted by Crippen LogP contribution is -1.85. The van der Waals surface area contributed by atoms with Crippen molar-refractivity contribution in [2.24, 2.45) is 0 Å². The summed E-state index contributed by atoms with van der Waals surface area (Å²) in [5, 5.41) is 10.3. The molecule has 0 aliphatic rings. The highest BCUT2D eigenvalue weighted by atomic mass is 79.9. The number of benzene rings is 1. The second kappa shape index (κ2) is 3.56. The highest BCUT2D eigenvalue weighted by molar-refractivity contribution is 9.10. The van der Waals surface area contributed by atoms with Gasteiger partial charge >= 0.3 is 0 Å². The van der Waals surface area contributed by atoms with Crippen LogP contribution < -0.4 is 0 Å². The van der Waals surface area contributed by atoms with Crippen molar-refractivity contribution in [2.45, 2.75) is 0 Å². The van der Waals surface area contributed by atoms with E-state index in [2.05, 4.69) is 20.9 Å². The second-order valence-corrected chi connectivity index (χ2v) is 3.94. The number of nitriles is 1. The Kier molecular flexibility index (Phi) is 2.40. The lowest BCUT2D eigenvalue weighted by atomic mass is 10.2. The van der Waals surface area contributed by atoms with Gasteiger partial charge in [-0.15, -0.1) is 0 Å². The number of aromatic nitrogens is 1. The third kappa shape index (κ3) is 1.47. The highest BCUT2D eigenvalue weighted by Gasteiger charge is 2.05. The monoisotopic (exact) mass is 266 g/mol. The molecular formula is C10H4BrClN2. The molecule has 1 aromatic carbocycles. The van der Waals surface area contributed by atoms with Gasteiger partial charge in [0.05, 0.1) is 15.0 Å². The van der Waals surface area contributed by atoms with Crippen molar-refractivity contribution in [3.63, 3.8) is 0 Å². The van der Waals surface area contributed by atoms with Gasteiger partial charge in [0.25, 0.3) is 0 Å². The summed E-state index contributed by atoms with van der Waals surface area (Å²) in [6, 6.07) is 9.19. The molecule has 0 aliphatic carbocycles. The molecule has 0 atom stereocenters. The van der Waals surface area contributed by atoms with Crippen LogP contribution in [0.15, 0.2) is 28.7 Å². The first-order valence-electron chi connectivity index (χ1n) is 3.87. The Morgan fingerprint density at radius 2 is 2.00 bits per heavy atom. The average Bonchev–Trinajstić information content (AvgIpc) is 2.23. The van der Waals surface area contributed by atoms with Crippen LogP contribution in [0.3, 0.4) is 0 Å². The van der Waals surface area contributed by atoms with Gasteiger partial charge in [-0.25, -0.2) is 4.98 Å². The van der Waals surface area contributed by atoms with Crippen LogP contribution in [0, 0.1) is 11.3 Å². The molecule has 1 aromatic heterocycles. The van der Waals surface area contributed by atoms with Crippen molar-refractivity contribution in [3.8, 4) is 6.07 Å². The lowest BCUT2D eigenvalue weighted by Gasteiger charge is -2.01. The second-order valence-electron chi connectivity index (χ2n) is 2.74. The van der Waals surface area contributed by atoms with Crippen molar-refractivity contribution >= 4 is 38.4 Å². The summed E-state index contributed by atoms with van der Waals surface area (Å²) in [6.45, 7) is 0. The van der Waals surface area contributed by atoms with Gasteiger partial charge in [-0.05, 0) is 34.1 Å². The Bertz CT molecular complexity index is 546. The molecule has 0 aliphatic heterocycles. The molecule has 0 fully saturated rings. The normalized spacial score (nSPS) is 10.1. The van der Waals surface area contributed by atoms with Crippen molar-refractivity contribution in [3.05, 3.63) is 39.5 Å². The summed E-state index contributed by atoms with van der Waals surface area (Å²) in [6.07, 6.45) is 0. The molecule has 1 heterocycles. The fraction of sp³-hybridized carbons (Fsp3) is 0. The van der Waals surface area contributed by atoms with E-state index in [1.807, 2.05) is 18.2 Å². The number of nitrogens with zero attached hydrogens (tertiary/aromatic N) is 2. The van der Waals surface area contributed by atoms with E-state index in [0.29, 0.717) is 10.7 Å². The number of halogens is 2. The molecule has 68 valence electrons. The Morgan fingerprint density at radius 1 is 1.29 bits per heavy atom. The minimum Gasteiger partial charge on any atom is -0.236 e. The van der Waals surface area contributed by atoms with Crippen molar-refractivity contribution in [2.75, 3.05) is 0 Å². The molecule has 0 radical (unpaired) electrons. The maximum atomic E-state index is 8.70. The summed E-state index contributed by atoms with van der Waals surface area (Å²) in [5.74, 6) is 0. The van der Waals surface area contributed by atoms with Crippen molar-refractivity contribution < 1.29 is 0 Å². The zero-order chi connectivity index (χ0) is 10.1. The van der Waals surface area contributed by atoms with E-state index in [1.165, 1.54) is 0 Å². The summed E-state index contributed by atoms with van der Waals surface area (Å²) < 4.78 is 0.730. The van der Waals surface area contributed by atoms with E-state index < -0.39 is 0 Å². The van der Waals surface area contributed by atoms with E-state index in [0.717, 1.165) is 15.4 Å². The van der Waals surface area contributed by atoms with Crippen LogP contribution >= 0.6 is 27.5 Å². The lowest BCUT2D eigenvalue weighted by molar-refractivity contribution is 1.32. The smallest absolute Gasteiger partial charge is 0.141 e. The summed E-state index contributed by atoms with van der Waals surface area (Å²) >= 11 is 9.25. The first-order chi connectivity index (χ1) is 6.72. The van der Waals surface area contributed by atoms with Crippen LogP contribution in [0.2, 0.25) is 5.02 Å². The van der Waals surface area contributed by atoms with Gasteiger partial charge in [0, 0.05) is 5.39 Å². The molecule has 0 unspecified atom stereocenters. The molecule has 0 saturated carbocycles. The van der Waals surface area contributed by atoms with Crippen LogP contribution in [0.1, 0.15) is 5.69 Å². The number of fused-ring (bicyclic) bond motifs is 1. The maximum Gasteiger partial charge on any atom is 0.141 e. The summed E-state index contributed by atoms with van der Waals surface area (Å²) in [4.78, 5) is 4.16. The fourth-order valence-corrected chi connectivity index (χ4v) is 1.79. The van der Waals surface area contributed by atoms with Gasteiger partial charge in [-0.1, -0.05) is 17.7 Å². The minimum absolute atomic E-state index is 0.389. The van der Waals surface area contributed by atoms with Crippen LogP contribution in [0.4, 0.5) is 0 Å². The Labute approximate surface area is 94.3 Å². The zero-order valence-electron chi connectivity index (χ0n) is 6.96. The van der Waals surface area contributed by atoms with Gasteiger partial charge < -0.3 is 0 Å². The van der Waals surface area contributed by atoms with Crippen LogP contribution in [0.5, 0.6) is 0 Å². The van der Waals surface area contributed by atoms with Crippen LogP contribution in [-0.2, 0) is 0 Å². The summed E-state index contributed by atoms with van der Waals surface area (Å²) in [5.41, 5.74) is 1.11. The quantitative estimate of drug-likeness (QED) is 0.732. The van der Waals surface area contributed by atoms with E-state index in [4.69, 9.17) is 16.9 Å². The predicted molar refractivity (Wildman–Crippen MR) is 59.2 cm³/mol. The molecule has 0 amide bonds. The summed E-state index contributed by atoms with van der Waals surface area (Å²) in [7, 11) is 0. The molecule has 2 aromatic rings. The number of pyridine rings is 1. The van der Waals surface area contributed by atoms with Crippen molar-refractivity contribution in [1.29, 1.82) is 5.26 Å². The van der Waals surface area contributed by atoms with E-state index in [1.54, 1.807) is 12.1 Å². The number of hydrogen-bond donors (Lipinski definition) is 0. The first kappa shape index (κ1) is 9.45. The van der Waals surface area contributed by atoms with Crippen LogP contribution in [-0.4, -0.2) is 4.98 Å². The molecular weight excluding hydrogens is 263 g/mol. The molecule has 0 bridgehead atoms. The SMILES string of the molecule is N#Cc1ccc2ccc(Cl)c(Br)c2n1. The van der Waals surface area contributed by atoms with Gasteiger partial charge in [-0.3, -0.25) is 0 Å². The molecule has 2 nitrogen and oxygen atoms in total. The van der Waals surface area contributed by atoms with Gasteiger partial charge in [-0.2, -0.15) is 5.26 Å². The topological polar surface area (TPSA) is 36.7 Å².